The number of fused-ring (bicyclic) bond motifs is 1. The summed E-state index contributed by atoms with van der Waals surface area (Å²) >= 11 is 0. The third kappa shape index (κ3) is 3.89. The van der Waals surface area contributed by atoms with Crippen molar-refractivity contribution < 1.29 is 14.5 Å². The maximum absolute atomic E-state index is 12.1. The number of non-ortho nitro benzene ring substituents is 1. The highest BCUT2D eigenvalue weighted by Gasteiger charge is 2.09. The largest absolute Gasteiger partial charge is 0.484 e. The first-order valence-corrected chi connectivity index (χ1v) is 7.56. The molecule has 126 valence electrons. The van der Waals surface area contributed by atoms with E-state index in [0.717, 1.165) is 16.6 Å². The first-order valence-electron chi connectivity index (χ1n) is 7.56. The van der Waals surface area contributed by atoms with Gasteiger partial charge in [0.1, 0.15) is 5.75 Å². The van der Waals surface area contributed by atoms with Gasteiger partial charge in [-0.15, -0.1) is 0 Å². The molecule has 1 aromatic heterocycles. The molecule has 7 nitrogen and oxygen atoms in total. The van der Waals surface area contributed by atoms with Crippen LogP contribution in [0.2, 0.25) is 0 Å². The molecular weight excluding hydrogens is 322 g/mol. The van der Waals surface area contributed by atoms with Crippen LogP contribution >= 0.6 is 0 Å². The summed E-state index contributed by atoms with van der Waals surface area (Å²) in [7, 11) is 0. The number of rotatable bonds is 5. The van der Waals surface area contributed by atoms with Gasteiger partial charge in [-0.05, 0) is 43.3 Å². The fourth-order valence-electron chi connectivity index (χ4n) is 2.37. The molecule has 0 radical (unpaired) electrons. The lowest BCUT2D eigenvalue weighted by Crippen LogP contribution is -2.20. The van der Waals surface area contributed by atoms with Gasteiger partial charge < -0.3 is 10.1 Å². The first-order chi connectivity index (χ1) is 12.0. The lowest BCUT2D eigenvalue weighted by atomic mass is 10.1. The summed E-state index contributed by atoms with van der Waals surface area (Å²) in [5.74, 6) is 0.0578. The molecule has 1 amide bonds. The van der Waals surface area contributed by atoms with Gasteiger partial charge in [0, 0.05) is 23.2 Å². The van der Waals surface area contributed by atoms with Gasteiger partial charge in [0.15, 0.2) is 6.61 Å². The summed E-state index contributed by atoms with van der Waals surface area (Å²) in [5.41, 5.74) is 2.32. The molecule has 2 aromatic carbocycles. The fraction of sp³-hybridized carbons (Fsp3) is 0.111. The molecule has 3 rings (SSSR count). The molecule has 1 N–H and O–H groups in total. The Kier molecular flexibility index (Phi) is 4.56. The van der Waals surface area contributed by atoms with E-state index in [1.54, 1.807) is 6.07 Å². The smallest absolute Gasteiger partial charge is 0.269 e. The quantitative estimate of drug-likeness (QED) is 0.568. The summed E-state index contributed by atoms with van der Waals surface area (Å²) in [5, 5.41) is 14.2. The van der Waals surface area contributed by atoms with Crippen LogP contribution in [0.15, 0.2) is 54.6 Å². The van der Waals surface area contributed by atoms with E-state index in [2.05, 4.69) is 10.3 Å². The van der Waals surface area contributed by atoms with Crippen molar-refractivity contribution in [2.24, 2.45) is 0 Å². The molecule has 0 aliphatic carbocycles. The highest BCUT2D eigenvalue weighted by Crippen LogP contribution is 2.22. The average molecular weight is 337 g/mol. The molecular formula is C18H15N3O4. The Morgan fingerprint density at radius 2 is 1.92 bits per heavy atom. The third-order valence-corrected chi connectivity index (χ3v) is 3.56. The molecule has 0 aliphatic heterocycles. The van der Waals surface area contributed by atoms with Gasteiger partial charge in [-0.25, -0.2) is 0 Å². The first kappa shape index (κ1) is 16.4. The third-order valence-electron chi connectivity index (χ3n) is 3.56. The minimum Gasteiger partial charge on any atom is -0.484 e. The number of nitrogens with zero attached hydrogens (tertiary/aromatic N) is 2. The van der Waals surface area contributed by atoms with E-state index in [1.165, 1.54) is 24.3 Å². The minimum atomic E-state index is -0.493. The van der Waals surface area contributed by atoms with Gasteiger partial charge in [0.2, 0.25) is 0 Å². The number of aryl methyl sites for hydroxylation is 1. The van der Waals surface area contributed by atoms with E-state index >= 15 is 0 Å². The molecule has 25 heavy (non-hydrogen) atoms. The van der Waals surface area contributed by atoms with E-state index in [0.29, 0.717) is 11.4 Å². The number of pyridine rings is 1. The number of hydrogen-bond donors (Lipinski definition) is 1. The number of ether oxygens (including phenoxy) is 1. The van der Waals surface area contributed by atoms with Crippen molar-refractivity contribution in [1.82, 2.24) is 4.98 Å². The molecule has 3 aromatic rings. The molecule has 0 saturated carbocycles. The Morgan fingerprint density at radius 3 is 2.64 bits per heavy atom. The topological polar surface area (TPSA) is 94.4 Å². The summed E-state index contributed by atoms with van der Waals surface area (Å²) in [4.78, 5) is 26.6. The molecule has 0 atom stereocenters. The van der Waals surface area contributed by atoms with Gasteiger partial charge in [-0.2, -0.15) is 0 Å². The standard InChI is InChI=1S/C18H15N3O4/c1-12-5-10-15-16(19-12)3-2-4-17(15)20-18(22)11-25-14-8-6-13(7-9-14)21(23)24/h2-10H,11H2,1H3,(H,20,22). The van der Waals surface area contributed by atoms with Gasteiger partial charge in [-0.3, -0.25) is 19.9 Å². The lowest BCUT2D eigenvalue weighted by molar-refractivity contribution is -0.384. The predicted molar refractivity (Wildman–Crippen MR) is 93.7 cm³/mol. The van der Waals surface area contributed by atoms with Crippen molar-refractivity contribution >= 4 is 28.2 Å². The van der Waals surface area contributed by atoms with E-state index in [1.807, 2.05) is 31.2 Å². The zero-order chi connectivity index (χ0) is 17.8. The van der Waals surface area contributed by atoms with Crippen molar-refractivity contribution in [1.29, 1.82) is 0 Å². The number of hydrogen-bond acceptors (Lipinski definition) is 5. The van der Waals surface area contributed by atoms with Crippen LogP contribution in [0.25, 0.3) is 10.9 Å². The summed E-state index contributed by atoms with van der Waals surface area (Å²) in [6.45, 7) is 1.70. The van der Waals surface area contributed by atoms with Crippen LogP contribution < -0.4 is 10.1 Å². The van der Waals surface area contributed by atoms with Crippen LogP contribution in [0.3, 0.4) is 0 Å². The molecule has 0 fully saturated rings. The van der Waals surface area contributed by atoms with E-state index in [9.17, 15) is 14.9 Å². The average Bonchev–Trinajstić information content (AvgIpc) is 2.60. The van der Waals surface area contributed by atoms with Crippen molar-refractivity contribution in [2.75, 3.05) is 11.9 Å². The Labute approximate surface area is 143 Å². The van der Waals surface area contributed by atoms with Crippen molar-refractivity contribution in [2.45, 2.75) is 6.92 Å². The van der Waals surface area contributed by atoms with Crippen LogP contribution in [-0.4, -0.2) is 22.4 Å². The number of nitro groups is 1. The molecule has 0 unspecified atom stereocenters. The number of carbonyl (C=O) groups excluding carboxylic acids is 1. The maximum atomic E-state index is 12.1. The summed E-state index contributed by atoms with van der Waals surface area (Å²) in [6.07, 6.45) is 0. The molecule has 0 aliphatic rings. The van der Waals surface area contributed by atoms with Crippen molar-refractivity contribution in [3.8, 4) is 5.75 Å². The number of nitro benzene ring substituents is 1. The monoisotopic (exact) mass is 337 g/mol. The number of carbonyl (C=O) groups is 1. The highest BCUT2D eigenvalue weighted by atomic mass is 16.6. The van der Waals surface area contributed by atoms with E-state index < -0.39 is 4.92 Å². The second kappa shape index (κ2) is 6.96. The second-order valence-electron chi connectivity index (χ2n) is 5.41. The predicted octanol–water partition coefficient (Wildman–Crippen LogP) is 3.47. The molecule has 7 heteroatoms. The van der Waals surface area contributed by atoms with Crippen LogP contribution in [-0.2, 0) is 4.79 Å². The van der Waals surface area contributed by atoms with Gasteiger partial charge in [0.05, 0.1) is 16.1 Å². The summed E-state index contributed by atoms with van der Waals surface area (Å²) < 4.78 is 5.36. The zero-order valence-corrected chi connectivity index (χ0v) is 13.4. The van der Waals surface area contributed by atoms with Gasteiger partial charge >= 0.3 is 0 Å². The maximum Gasteiger partial charge on any atom is 0.269 e. The summed E-state index contributed by atoms with van der Waals surface area (Å²) in [6, 6.07) is 14.8. The fourth-order valence-corrected chi connectivity index (χ4v) is 2.37. The highest BCUT2D eigenvalue weighted by molar-refractivity contribution is 6.01. The van der Waals surface area contributed by atoms with Crippen LogP contribution in [0, 0.1) is 17.0 Å². The number of nitrogens with one attached hydrogen (secondary N) is 1. The Balaban J connectivity index is 1.66. The Bertz CT molecular complexity index is 939. The van der Waals surface area contributed by atoms with Crippen molar-refractivity contribution in [3.05, 3.63) is 70.4 Å². The Hall–Kier alpha value is -3.48. The van der Waals surface area contributed by atoms with Crippen LogP contribution in [0.1, 0.15) is 5.69 Å². The zero-order valence-electron chi connectivity index (χ0n) is 13.4. The molecule has 0 bridgehead atoms. The number of anilines is 1. The Morgan fingerprint density at radius 1 is 1.16 bits per heavy atom. The molecule has 0 spiro atoms. The van der Waals surface area contributed by atoms with Crippen LogP contribution in [0.4, 0.5) is 11.4 Å². The minimum absolute atomic E-state index is 0.0321. The lowest BCUT2D eigenvalue weighted by Gasteiger charge is -2.10. The molecule has 0 saturated heterocycles. The normalized spacial score (nSPS) is 10.4. The van der Waals surface area contributed by atoms with E-state index in [-0.39, 0.29) is 18.2 Å². The van der Waals surface area contributed by atoms with Gasteiger partial charge in [0.25, 0.3) is 11.6 Å². The number of benzene rings is 2. The van der Waals surface area contributed by atoms with Crippen LogP contribution in [0.5, 0.6) is 5.75 Å². The SMILES string of the molecule is Cc1ccc2c(NC(=O)COc3ccc([N+](=O)[O-])cc3)cccc2n1. The number of aromatic nitrogens is 1. The van der Waals surface area contributed by atoms with Crippen molar-refractivity contribution in [3.63, 3.8) is 0 Å². The molecule has 1 heterocycles. The second-order valence-corrected chi connectivity index (χ2v) is 5.41. The van der Waals surface area contributed by atoms with Gasteiger partial charge in [-0.1, -0.05) is 6.07 Å². The van der Waals surface area contributed by atoms with E-state index in [4.69, 9.17) is 4.74 Å². The number of amides is 1.